The minimum atomic E-state index is -0.951. The van der Waals surface area contributed by atoms with Crippen LogP contribution in [0.4, 0.5) is 0 Å². The van der Waals surface area contributed by atoms with Gasteiger partial charge in [-0.2, -0.15) is 5.10 Å². The summed E-state index contributed by atoms with van der Waals surface area (Å²) in [5.41, 5.74) is 1.58. The average molecular weight is 266 g/mol. The molecule has 4 nitrogen and oxygen atoms in total. The third-order valence-electron chi connectivity index (χ3n) is 3.34. The van der Waals surface area contributed by atoms with E-state index in [1.807, 2.05) is 49.4 Å². The van der Waals surface area contributed by atoms with Gasteiger partial charge in [0.15, 0.2) is 0 Å². The highest BCUT2D eigenvalue weighted by molar-refractivity contribution is 5.96. The number of hydrogen-bond donors (Lipinski definition) is 1. The summed E-state index contributed by atoms with van der Waals surface area (Å²) >= 11 is 0. The van der Waals surface area contributed by atoms with E-state index >= 15 is 0 Å². The van der Waals surface area contributed by atoms with Crippen LogP contribution in [0.3, 0.4) is 0 Å². The van der Waals surface area contributed by atoms with E-state index in [0.717, 1.165) is 16.3 Å². The van der Waals surface area contributed by atoms with Crippen molar-refractivity contribution in [2.45, 2.75) is 13.5 Å². The van der Waals surface area contributed by atoms with Gasteiger partial charge in [0.05, 0.1) is 0 Å². The quantitative estimate of drug-likeness (QED) is 0.790. The largest absolute Gasteiger partial charge is 0.478 e. The van der Waals surface area contributed by atoms with Crippen molar-refractivity contribution in [1.29, 1.82) is 0 Å². The Morgan fingerprint density at radius 2 is 1.95 bits per heavy atom. The van der Waals surface area contributed by atoms with Crippen molar-refractivity contribution in [3.8, 4) is 11.3 Å². The fraction of sp³-hybridized carbons (Fsp3) is 0.125. The van der Waals surface area contributed by atoms with Gasteiger partial charge in [-0.3, -0.25) is 4.68 Å². The number of fused-ring (bicyclic) bond motifs is 1. The topological polar surface area (TPSA) is 55.1 Å². The Balaban J connectivity index is 2.19. The molecule has 3 aromatic rings. The molecule has 1 heterocycles. The van der Waals surface area contributed by atoms with E-state index in [-0.39, 0.29) is 5.56 Å². The zero-order valence-corrected chi connectivity index (χ0v) is 11.1. The van der Waals surface area contributed by atoms with Crippen molar-refractivity contribution in [2.24, 2.45) is 0 Å². The molecule has 0 fully saturated rings. The van der Waals surface area contributed by atoms with E-state index in [2.05, 4.69) is 5.10 Å². The number of benzene rings is 2. The molecule has 0 bridgehead atoms. The predicted molar refractivity (Wildman–Crippen MR) is 77.8 cm³/mol. The molecule has 0 amide bonds. The van der Waals surface area contributed by atoms with Gasteiger partial charge in [-0.25, -0.2) is 4.79 Å². The molecule has 0 radical (unpaired) electrons. The van der Waals surface area contributed by atoms with Gasteiger partial charge < -0.3 is 5.11 Å². The molecule has 3 rings (SSSR count). The van der Waals surface area contributed by atoms with Crippen LogP contribution in [0.5, 0.6) is 0 Å². The van der Waals surface area contributed by atoms with Crippen LogP contribution >= 0.6 is 0 Å². The van der Waals surface area contributed by atoms with Crippen LogP contribution < -0.4 is 0 Å². The third-order valence-corrected chi connectivity index (χ3v) is 3.34. The summed E-state index contributed by atoms with van der Waals surface area (Å²) in [6.07, 6.45) is 1.58. The lowest BCUT2D eigenvalue weighted by Gasteiger charge is -2.02. The molecular weight excluding hydrogens is 252 g/mol. The molecule has 4 heteroatoms. The second-order valence-corrected chi connectivity index (χ2v) is 4.61. The van der Waals surface area contributed by atoms with Gasteiger partial charge in [0.1, 0.15) is 11.3 Å². The van der Waals surface area contributed by atoms with Crippen molar-refractivity contribution in [3.05, 3.63) is 54.2 Å². The zero-order valence-electron chi connectivity index (χ0n) is 11.1. The monoisotopic (exact) mass is 266 g/mol. The van der Waals surface area contributed by atoms with Crippen molar-refractivity contribution in [3.63, 3.8) is 0 Å². The number of aromatic carboxylic acids is 1. The number of aromatic nitrogens is 2. The molecule has 100 valence electrons. The second kappa shape index (κ2) is 4.81. The second-order valence-electron chi connectivity index (χ2n) is 4.61. The van der Waals surface area contributed by atoms with Gasteiger partial charge in [-0.15, -0.1) is 0 Å². The van der Waals surface area contributed by atoms with Crippen LogP contribution in [0, 0.1) is 0 Å². The molecule has 2 aromatic carbocycles. The summed E-state index contributed by atoms with van der Waals surface area (Å²) in [7, 11) is 0. The maximum Gasteiger partial charge on any atom is 0.339 e. The molecule has 0 aliphatic carbocycles. The fourth-order valence-corrected chi connectivity index (χ4v) is 2.29. The number of rotatable bonds is 3. The Bertz CT molecular complexity index is 790. The van der Waals surface area contributed by atoms with Gasteiger partial charge in [0, 0.05) is 18.3 Å². The first kappa shape index (κ1) is 12.4. The third kappa shape index (κ3) is 2.05. The van der Waals surface area contributed by atoms with Gasteiger partial charge >= 0.3 is 5.97 Å². The van der Waals surface area contributed by atoms with Gasteiger partial charge in [-0.05, 0) is 23.8 Å². The Morgan fingerprint density at radius 1 is 1.20 bits per heavy atom. The van der Waals surface area contributed by atoms with E-state index in [1.165, 1.54) is 0 Å². The van der Waals surface area contributed by atoms with Gasteiger partial charge in [0.25, 0.3) is 0 Å². The number of carboxylic acid groups (broad SMARTS) is 1. The molecule has 0 saturated carbocycles. The van der Waals surface area contributed by atoms with Crippen molar-refractivity contribution in [2.75, 3.05) is 0 Å². The van der Waals surface area contributed by atoms with E-state index in [0.29, 0.717) is 12.2 Å². The van der Waals surface area contributed by atoms with Gasteiger partial charge in [0.2, 0.25) is 0 Å². The summed E-state index contributed by atoms with van der Waals surface area (Å²) in [4.78, 5) is 11.3. The highest BCUT2D eigenvalue weighted by Gasteiger charge is 2.16. The molecule has 1 N–H and O–H groups in total. The fourth-order valence-electron chi connectivity index (χ4n) is 2.29. The van der Waals surface area contributed by atoms with E-state index < -0.39 is 5.97 Å². The van der Waals surface area contributed by atoms with Crippen LogP contribution in [0.15, 0.2) is 48.7 Å². The minimum absolute atomic E-state index is 0.238. The van der Waals surface area contributed by atoms with E-state index in [9.17, 15) is 9.90 Å². The molecule has 0 unspecified atom stereocenters. The lowest BCUT2D eigenvalue weighted by Crippen LogP contribution is -1.96. The lowest BCUT2D eigenvalue weighted by atomic mass is 10.0. The summed E-state index contributed by atoms with van der Waals surface area (Å²) in [6, 6.07) is 13.9. The molecule has 1 aromatic heterocycles. The minimum Gasteiger partial charge on any atom is -0.478 e. The van der Waals surface area contributed by atoms with Crippen LogP contribution in [0.2, 0.25) is 0 Å². The maximum atomic E-state index is 11.3. The Hall–Kier alpha value is -2.62. The van der Waals surface area contributed by atoms with Crippen LogP contribution in [0.25, 0.3) is 22.0 Å². The highest BCUT2D eigenvalue weighted by atomic mass is 16.4. The normalized spacial score (nSPS) is 10.8. The van der Waals surface area contributed by atoms with Gasteiger partial charge in [-0.1, -0.05) is 36.4 Å². The first-order valence-electron chi connectivity index (χ1n) is 6.49. The Labute approximate surface area is 116 Å². The molecule has 0 aliphatic rings. The summed E-state index contributed by atoms with van der Waals surface area (Å²) < 4.78 is 1.65. The molecule has 0 spiro atoms. The average Bonchev–Trinajstić information content (AvgIpc) is 2.91. The predicted octanol–water partition coefficient (Wildman–Crippen LogP) is 3.42. The smallest absolute Gasteiger partial charge is 0.339 e. The van der Waals surface area contributed by atoms with E-state index in [4.69, 9.17) is 0 Å². The van der Waals surface area contributed by atoms with Crippen LogP contribution in [-0.4, -0.2) is 20.9 Å². The summed E-state index contributed by atoms with van der Waals surface area (Å²) in [5, 5.41) is 15.9. The van der Waals surface area contributed by atoms with Crippen molar-refractivity contribution in [1.82, 2.24) is 9.78 Å². The molecule has 0 atom stereocenters. The number of aryl methyl sites for hydroxylation is 1. The number of carboxylic acids is 1. The van der Waals surface area contributed by atoms with E-state index in [1.54, 1.807) is 10.9 Å². The zero-order chi connectivity index (χ0) is 14.1. The van der Waals surface area contributed by atoms with Crippen molar-refractivity contribution < 1.29 is 9.90 Å². The number of nitrogens with zero attached hydrogens (tertiary/aromatic N) is 2. The number of hydrogen-bond acceptors (Lipinski definition) is 2. The Kier molecular flexibility index (Phi) is 2.99. The maximum absolute atomic E-state index is 11.3. The van der Waals surface area contributed by atoms with Crippen LogP contribution in [-0.2, 0) is 6.54 Å². The molecule has 20 heavy (non-hydrogen) atoms. The molecular formula is C16H14N2O2. The van der Waals surface area contributed by atoms with Crippen LogP contribution in [0.1, 0.15) is 17.3 Å². The SMILES string of the molecule is CCn1cc(C(=O)O)c(-c2ccc3ccccc3c2)n1. The molecule has 0 saturated heterocycles. The standard InChI is InChI=1S/C16H14N2O2/c1-2-18-10-14(16(19)20)15(17-18)13-8-7-11-5-3-4-6-12(11)9-13/h3-10H,2H2,1H3,(H,19,20). The first-order valence-corrected chi connectivity index (χ1v) is 6.49. The molecule has 0 aliphatic heterocycles. The number of carbonyl (C=O) groups is 1. The highest BCUT2D eigenvalue weighted by Crippen LogP contribution is 2.26. The van der Waals surface area contributed by atoms with Crippen molar-refractivity contribution >= 4 is 16.7 Å². The summed E-state index contributed by atoms with van der Waals surface area (Å²) in [6.45, 7) is 2.58. The lowest BCUT2D eigenvalue weighted by molar-refractivity contribution is 0.0697. The first-order chi connectivity index (χ1) is 9.69. The Morgan fingerprint density at radius 3 is 2.65 bits per heavy atom. The summed E-state index contributed by atoms with van der Waals surface area (Å²) in [5.74, 6) is -0.951.